The summed E-state index contributed by atoms with van der Waals surface area (Å²) in [5.41, 5.74) is 5.28. The number of aliphatic hydroxyl groups is 3. The molecule has 0 saturated heterocycles. The highest BCUT2D eigenvalue weighted by atomic mass is 16.7. The maximum Gasteiger partial charge on any atom is 0.276 e. The van der Waals surface area contributed by atoms with Crippen LogP contribution >= 0.6 is 0 Å². The normalized spacial score (nSPS) is 15.7. The molecule has 5 N–H and O–H groups in total. The van der Waals surface area contributed by atoms with Crippen molar-refractivity contribution >= 4 is 0 Å². The number of hydrogen-bond acceptors (Lipinski definition) is 4. The highest BCUT2D eigenvalue weighted by Gasteiger charge is 2.20. The van der Waals surface area contributed by atoms with Crippen molar-refractivity contribution in [2.45, 2.75) is 31.8 Å². The van der Waals surface area contributed by atoms with Crippen molar-refractivity contribution in [2.75, 3.05) is 0 Å². The fourth-order valence-corrected chi connectivity index (χ4v) is 0.496. The molecule has 0 saturated carbocycles. The standard InChI is InChI=1S/C5H13NO3/c1-2-4(6)3-5(7,8)9/h4,7-9H,2-3,6H2,1H3. The summed E-state index contributed by atoms with van der Waals surface area (Å²) in [6.07, 6.45) is 0.410. The third-order valence-corrected chi connectivity index (χ3v) is 1.06. The van der Waals surface area contributed by atoms with E-state index in [2.05, 4.69) is 0 Å². The maximum atomic E-state index is 8.35. The van der Waals surface area contributed by atoms with E-state index < -0.39 is 5.97 Å². The van der Waals surface area contributed by atoms with E-state index in [0.717, 1.165) is 0 Å². The molecule has 0 aliphatic heterocycles. The molecule has 1 atom stereocenters. The lowest BCUT2D eigenvalue weighted by Crippen LogP contribution is -2.36. The first-order valence-electron chi connectivity index (χ1n) is 2.88. The predicted molar refractivity (Wildman–Crippen MR) is 32.3 cm³/mol. The van der Waals surface area contributed by atoms with E-state index in [9.17, 15) is 0 Å². The minimum absolute atomic E-state index is 0.205. The summed E-state index contributed by atoms with van der Waals surface area (Å²) in [6.45, 7) is 1.80. The van der Waals surface area contributed by atoms with Crippen LogP contribution in [0.25, 0.3) is 0 Å². The van der Waals surface area contributed by atoms with E-state index >= 15 is 0 Å². The average molecular weight is 135 g/mol. The van der Waals surface area contributed by atoms with Crippen molar-refractivity contribution in [1.29, 1.82) is 0 Å². The van der Waals surface area contributed by atoms with Gasteiger partial charge in [0.2, 0.25) is 0 Å². The highest BCUT2D eigenvalue weighted by molar-refractivity contribution is 4.61. The van der Waals surface area contributed by atoms with E-state index in [-0.39, 0.29) is 12.5 Å². The zero-order valence-corrected chi connectivity index (χ0v) is 5.41. The first-order valence-corrected chi connectivity index (χ1v) is 2.88. The molecule has 4 nitrogen and oxygen atoms in total. The van der Waals surface area contributed by atoms with Crippen LogP contribution in [0.5, 0.6) is 0 Å². The van der Waals surface area contributed by atoms with Crippen LogP contribution in [0.1, 0.15) is 19.8 Å². The van der Waals surface area contributed by atoms with Gasteiger partial charge in [-0.25, -0.2) is 0 Å². The molecule has 9 heavy (non-hydrogen) atoms. The van der Waals surface area contributed by atoms with Gasteiger partial charge < -0.3 is 21.1 Å². The van der Waals surface area contributed by atoms with Crippen LogP contribution in [0, 0.1) is 0 Å². The van der Waals surface area contributed by atoms with Crippen molar-refractivity contribution in [2.24, 2.45) is 5.73 Å². The lowest BCUT2D eigenvalue weighted by atomic mass is 10.1. The second-order valence-electron chi connectivity index (χ2n) is 2.15. The van der Waals surface area contributed by atoms with E-state index in [1.54, 1.807) is 6.92 Å². The van der Waals surface area contributed by atoms with E-state index in [0.29, 0.717) is 6.42 Å². The fourth-order valence-electron chi connectivity index (χ4n) is 0.496. The molecule has 0 radical (unpaired) electrons. The molecule has 0 aromatic rings. The Morgan fingerprint density at radius 3 is 2.00 bits per heavy atom. The van der Waals surface area contributed by atoms with E-state index in [4.69, 9.17) is 21.1 Å². The largest absolute Gasteiger partial charge is 0.344 e. The van der Waals surface area contributed by atoms with Crippen LogP contribution < -0.4 is 5.73 Å². The lowest BCUT2D eigenvalue weighted by Gasteiger charge is -2.17. The van der Waals surface area contributed by atoms with Crippen molar-refractivity contribution < 1.29 is 15.3 Å². The molecule has 0 fully saturated rings. The lowest BCUT2D eigenvalue weighted by molar-refractivity contribution is -0.316. The maximum absolute atomic E-state index is 8.35. The molecule has 0 rings (SSSR count). The summed E-state index contributed by atoms with van der Waals surface area (Å²) < 4.78 is 0. The van der Waals surface area contributed by atoms with Gasteiger partial charge in [0.15, 0.2) is 0 Å². The summed E-state index contributed by atoms with van der Waals surface area (Å²) in [4.78, 5) is 0. The van der Waals surface area contributed by atoms with Crippen LogP contribution in [0.4, 0.5) is 0 Å². The Morgan fingerprint density at radius 2 is 1.89 bits per heavy atom. The number of rotatable bonds is 3. The van der Waals surface area contributed by atoms with Gasteiger partial charge in [-0.3, -0.25) is 0 Å². The van der Waals surface area contributed by atoms with Gasteiger partial charge in [-0.05, 0) is 6.42 Å². The molecule has 0 spiro atoms. The Kier molecular flexibility index (Phi) is 3.07. The molecule has 56 valence electrons. The molecule has 0 heterocycles. The Bertz CT molecular complexity index is 78.8. The molecule has 0 aromatic heterocycles. The van der Waals surface area contributed by atoms with Crippen LogP contribution in [0.3, 0.4) is 0 Å². The average Bonchev–Trinajstić information content (AvgIpc) is 1.62. The quantitative estimate of drug-likeness (QED) is 0.364. The molecule has 0 aliphatic carbocycles. The van der Waals surface area contributed by atoms with Gasteiger partial charge in [0.05, 0.1) is 0 Å². The first kappa shape index (κ1) is 8.84. The predicted octanol–water partition coefficient (Wildman–Crippen LogP) is -1.26. The fraction of sp³-hybridized carbons (Fsp3) is 1.00. The molecule has 0 amide bonds. The molecule has 1 unspecified atom stereocenters. The third kappa shape index (κ3) is 5.72. The van der Waals surface area contributed by atoms with Gasteiger partial charge in [-0.15, -0.1) is 0 Å². The zero-order chi connectivity index (χ0) is 7.49. The minimum Gasteiger partial charge on any atom is -0.344 e. The molecule has 0 aliphatic rings. The molecule has 0 bridgehead atoms. The second-order valence-corrected chi connectivity index (χ2v) is 2.15. The van der Waals surface area contributed by atoms with Gasteiger partial charge >= 0.3 is 0 Å². The van der Waals surface area contributed by atoms with Crippen molar-refractivity contribution in [1.82, 2.24) is 0 Å². The van der Waals surface area contributed by atoms with Crippen LogP contribution in [-0.4, -0.2) is 27.3 Å². The first-order chi connectivity index (χ1) is 3.95. The Hall–Kier alpha value is -0.160. The molecule has 4 heteroatoms. The van der Waals surface area contributed by atoms with Gasteiger partial charge in [0.25, 0.3) is 5.97 Å². The third-order valence-electron chi connectivity index (χ3n) is 1.06. The highest BCUT2D eigenvalue weighted by Crippen LogP contribution is 2.04. The van der Waals surface area contributed by atoms with Crippen LogP contribution in [-0.2, 0) is 0 Å². The summed E-state index contributed by atoms with van der Waals surface area (Å²) >= 11 is 0. The molecule has 0 aromatic carbocycles. The summed E-state index contributed by atoms with van der Waals surface area (Å²) in [6, 6.07) is -0.356. The summed E-state index contributed by atoms with van der Waals surface area (Å²) in [5, 5.41) is 25.1. The van der Waals surface area contributed by atoms with Crippen molar-refractivity contribution in [3.63, 3.8) is 0 Å². The monoisotopic (exact) mass is 135 g/mol. The second kappa shape index (κ2) is 3.12. The Labute approximate surface area is 53.9 Å². The number of hydrogen-bond donors (Lipinski definition) is 4. The SMILES string of the molecule is CCC(N)CC(O)(O)O. The van der Waals surface area contributed by atoms with Crippen molar-refractivity contribution in [3.05, 3.63) is 0 Å². The van der Waals surface area contributed by atoms with Gasteiger partial charge in [-0.2, -0.15) is 0 Å². The number of nitrogens with two attached hydrogens (primary N) is 1. The van der Waals surface area contributed by atoms with Gasteiger partial charge in [0.1, 0.15) is 0 Å². The van der Waals surface area contributed by atoms with Gasteiger partial charge in [0, 0.05) is 12.5 Å². The minimum atomic E-state index is -2.60. The summed E-state index contributed by atoms with van der Waals surface area (Å²) in [7, 11) is 0. The molecular formula is C5H13NO3. The van der Waals surface area contributed by atoms with Gasteiger partial charge in [-0.1, -0.05) is 6.92 Å². The van der Waals surface area contributed by atoms with Crippen LogP contribution in [0.2, 0.25) is 0 Å². The Balaban J connectivity index is 3.47. The summed E-state index contributed by atoms with van der Waals surface area (Å²) in [5.74, 6) is -2.60. The van der Waals surface area contributed by atoms with E-state index in [1.165, 1.54) is 0 Å². The zero-order valence-electron chi connectivity index (χ0n) is 5.41. The van der Waals surface area contributed by atoms with Crippen molar-refractivity contribution in [3.8, 4) is 0 Å². The topological polar surface area (TPSA) is 86.7 Å². The van der Waals surface area contributed by atoms with E-state index in [1.807, 2.05) is 0 Å². The smallest absolute Gasteiger partial charge is 0.276 e. The molecular weight excluding hydrogens is 122 g/mol. The van der Waals surface area contributed by atoms with Crippen LogP contribution in [0.15, 0.2) is 0 Å². The Morgan fingerprint density at radius 1 is 1.44 bits per heavy atom.